The summed E-state index contributed by atoms with van der Waals surface area (Å²) in [6.45, 7) is 1.95. The molecule has 0 fully saturated rings. The summed E-state index contributed by atoms with van der Waals surface area (Å²) in [7, 11) is 0. The average molecular weight is 221 g/mol. The van der Waals surface area contributed by atoms with Crippen LogP contribution in [0, 0.1) is 0 Å². The van der Waals surface area contributed by atoms with Gasteiger partial charge in [0.2, 0.25) is 0 Å². The van der Waals surface area contributed by atoms with Crippen LogP contribution in [-0.2, 0) is 4.79 Å². The second kappa shape index (κ2) is 2.85. The topological polar surface area (TPSA) is 17.1 Å². The fourth-order valence-electron chi connectivity index (χ4n) is 0.530. The van der Waals surface area contributed by atoms with Gasteiger partial charge in [-0.25, -0.2) is 0 Å². The molecule has 0 aliphatic rings. The molecule has 0 rings (SSSR count). The maximum atomic E-state index is 10.9. The van der Waals surface area contributed by atoms with E-state index in [0.29, 0.717) is 3.80 Å². The van der Waals surface area contributed by atoms with Gasteiger partial charge >= 0.3 is 55.1 Å². The van der Waals surface area contributed by atoms with Crippen molar-refractivity contribution in [1.82, 2.24) is 0 Å². The molecule has 2 heteroatoms. The Bertz CT molecular complexity index is 91.2. The standard InChI is InChI=1S/C3H5O.3CH3.Sn/c1-2-3-4;;;;/h2H2,1H3;3*1H3;. The van der Waals surface area contributed by atoms with Crippen LogP contribution in [0.15, 0.2) is 0 Å². The van der Waals surface area contributed by atoms with E-state index in [-0.39, 0.29) is 0 Å². The predicted molar refractivity (Wildman–Crippen MR) is 38.6 cm³/mol. The van der Waals surface area contributed by atoms with Crippen LogP contribution < -0.4 is 0 Å². The van der Waals surface area contributed by atoms with E-state index in [0.717, 1.165) is 6.42 Å². The van der Waals surface area contributed by atoms with Crippen molar-refractivity contribution < 1.29 is 4.79 Å². The summed E-state index contributed by atoms with van der Waals surface area (Å²) in [5.74, 6) is 0. The molecule has 0 heterocycles. The average Bonchev–Trinajstić information content (AvgIpc) is 1.62. The molecule has 0 radical (unpaired) electrons. The molecule has 0 amide bonds. The first-order chi connectivity index (χ1) is 3.48. The number of carbonyl (C=O) groups excluding carboxylic acids is 1. The third-order valence-electron chi connectivity index (χ3n) is 1.16. The van der Waals surface area contributed by atoms with E-state index in [2.05, 4.69) is 14.8 Å². The fraction of sp³-hybridized carbons (Fsp3) is 0.833. The van der Waals surface area contributed by atoms with Gasteiger partial charge in [0, 0.05) is 0 Å². The normalized spacial score (nSPS) is 11.5. The zero-order chi connectivity index (χ0) is 6.78. The van der Waals surface area contributed by atoms with Gasteiger partial charge in [0.05, 0.1) is 0 Å². The molecule has 0 bridgehead atoms. The molecular formula is C6H14OSn. The van der Waals surface area contributed by atoms with Crippen molar-refractivity contribution >= 4 is 22.2 Å². The van der Waals surface area contributed by atoms with E-state index < -0.39 is 18.4 Å². The number of hydrogen-bond acceptors (Lipinski definition) is 1. The number of hydrogen-bond donors (Lipinski definition) is 0. The Balaban J connectivity index is 3.82. The van der Waals surface area contributed by atoms with E-state index in [1.54, 1.807) is 0 Å². The van der Waals surface area contributed by atoms with Gasteiger partial charge in [-0.2, -0.15) is 0 Å². The Morgan fingerprint density at radius 2 is 1.75 bits per heavy atom. The van der Waals surface area contributed by atoms with Crippen molar-refractivity contribution in [2.45, 2.75) is 28.2 Å². The third kappa shape index (κ3) is 2.70. The molecule has 0 aromatic rings. The van der Waals surface area contributed by atoms with Gasteiger partial charge < -0.3 is 0 Å². The van der Waals surface area contributed by atoms with Crippen LogP contribution in [0.5, 0.6) is 0 Å². The Hall–Kier alpha value is 0.469. The molecule has 0 spiro atoms. The molecule has 0 saturated heterocycles. The zero-order valence-electron chi connectivity index (χ0n) is 6.12. The molecule has 0 aromatic carbocycles. The quantitative estimate of drug-likeness (QED) is 0.650. The van der Waals surface area contributed by atoms with Gasteiger partial charge in [0.15, 0.2) is 0 Å². The molecule has 0 aliphatic carbocycles. The molecule has 0 atom stereocenters. The first-order valence-electron chi connectivity index (χ1n) is 3.01. The summed E-state index contributed by atoms with van der Waals surface area (Å²) in [5.41, 5.74) is 0. The van der Waals surface area contributed by atoms with E-state index in [9.17, 15) is 4.79 Å². The van der Waals surface area contributed by atoms with Crippen LogP contribution in [0.3, 0.4) is 0 Å². The Labute approximate surface area is 55.3 Å². The first-order valence-corrected chi connectivity index (χ1v) is 13.0. The van der Waals surface area contributed by atoms with Crippen LogP contribution in [0.4, 0.5) is 0 Å². The molecule has 0 unspecified atom stereocenters. The van der Waals surface area contributed by atoms with Gasteiger partial charge in [-0.15, -0.1) is 0 Å². The molecule has 8 heavy (non-hydrogen) atoms. The molecule has 48 valence electrons. The van der Waals surface area contributed by atoms with Crippen molar-refractivity contribution in [2.24, 2.45) is 0 Å². The van der Waals surface area contributed by atoms with Crippen molar-refractivity contribution in [3.63, 3.8) is 0 Å². The zero-order valence-corrected chi connectivity index (χ0v) is 8.97. The number of carbonyl (C=O) groups is 1. The molecular weight excluding hydrogens is 207 g/mol. The van der Waals surface area contributed by atoms with Crippen molar-refractivity contribution in [3.8, 4) is 0 Å². The SMILES string of the molecule is CC[C](=O)[Sn]([CH3])([CH3])[CH3]. The van der Waals surface area contributed by atoms with Crippen LogP contribution in [-0.4, -0.2) is 22.2 Å². The second-order valence-corrected chi connectivity index (χ2v) is 17.5. The van der Waals surface area contributed by atoms with E-state index in [4.69, 9.17) is 0 Å². The van der Waals surface area contributed by atoms with Crippen LogP contribution in [0.25, 0.3) is 0 Å². The Kier molecular flexibility index (Phi) is 3.02. The first kappa shape index (κ1) is 8.47. The molecule has 0 aliphatic heterocycles. The summed E-state index contributed by atoms with van der Waals surface area (Å²) in [6.07, 6.45) is 0.750. The summed E-state index contributed by atoms with van der Waals surface area (Å²) in [5, 5.41) is 0. The van der Waals surface area contributed by atoms with Crippen LogP contribution in [0.2, 0.25) is 14.8 Å². The monoisotopic (exact) mass is 222 g/mol. The Morgan fingerprint density at radius 3 is 1.75 bits per heavy atom. The predicted octanol–water partition coefficient (Wildman–Crippen LogP) is 1.84. The maximum absolute atomic E-state index is 10.9. The summed E-state index contributed by atoms with van der Waals surface area (Å²) < 4.78 is 0.541. The third-order valence-corrected chi connectivity index (χ3v) is 6.94. The van der Waals surface area contributed by atoms with Gasteiger partial charge in [-0.3, -0.25) is 0 Å². The summed E-state index contributed by atoms with van der Waals surface area (Å²) >= 11 is -2.05. The van der Waals surface area contributed by atoms with Crippen molar-refractivity contribution in [2.75, 3.05) is 0 Å². The fourth-order valence-corrected chi connectivity index (χ4v) is 3.56. The minimum atomic E-state index is -2.05. The molecule has 0 aromatic heterocycles. The van der Waals surface area contributed by atoms with Gasteiger partial charge in [-0.1, -0.05) is 0 Å². The molecule has 0 saturated carbocycles. The second-order valence-electron chi connectivity index (χ2n) is 3.03. The number of rotatable bonds is 2. The van der Waals surface area contributed by atoms with Gasteiger partial charge in [-0.05, 0) is 0 Å². The van der Waals surface area contributed by atoms with E-state index in [1.807, 2.05) is 6.92 Å². The van der Waals surface area contributed by atoms with E-state index >= 15 is 0 Å². The van der Waals surface area contributed by atoms with Gasteiger partial charge in [0.1, 0.15) is 0 Å². The van der Waals surface area contributed by atoms with Gasteiger partial charge in [0.25, 0.3) is 0 Å². The Morgan fingerprint density at radius 1 is 1.38 bits per heavy atom. The summed E-state index contributed by atoms with van der Waals surface area (Å²) in [6, 6.07) is 0. The molecule has 0 N–H and O–H groups in total. The van der Waals surface area contributed by atoms with E-state index in [1.165, 1.54) is 0 Å². The van der Waals surface area contributed by atoms with Crippen molar-refractivity contribution in [3.05, 3.63) is 0 Å². The van der Waals surface area contributed by atoms with Crippen molar-refractivity contribution in [1.29, 1.82) is 0 Å². The molecule has 1 nitrogen and oxygen atoms in total. The van der Waals surface area contributed by atoms with Crippen LogP contribution in [0.1, 0.15) is 13.3 Å². The minimum absolute atomic E-state index is 0.541. The van der Waals surface area contributed by atoms with Crippen LogP contribution >= 0.6 is 0 Å². The summed E-state index contributed by atoms with van der Waals surface area (Å²) in [4.78, 5) is 17.4.